The van der Waals surface area contributed by atoms with Crippen molar-refractivity contribution in [1.29, 1.82) is 0 Å². The van der Waals surface area contributed by atoms with Gasteiger partial charge in [0, 0.05) is 21.7 Å². The summed E-state index contributed by atoms with van der Waals surface area (Å²) >= 11 is 2.63. The largest absolute Gasteiger partial charge is 0.490 e. The van der Waals surface area contributed by atoms with Crippen LogP contribution in [0.4, 0.5) is 24.5 Å². The number of hydrogen-bond acceptors (Lipinski definition) is 8. The number of carbonyl (C=O) groups is 3. The summed E-state index contributed by atoms with van der Waals surface area (Å²) in [6.45, 7) is 3.83. The fraction of sp³-hybridized carbons (Fsp3) is 0.351. The number of fused-ring (bicyclic) bond motifs is 9. The fourth-order valence-corrected chi connectivity index (χ4v) is 11.5. The first-order valence-electron chi connectivity index (χ1n) is 16.6. The number of carbonyl (C=O) groups excluding carboxylic acids is 3. The molecule has 2 saturated carbocycles. The van der Waals surface area contributed by atoms with Gasteiger partial charge in [-0.2, -0.15) is 13.2 Å². The highest BCUT2D eigenvalue weighted by atomic mass is 32.2. The zero-order valence-corrected chi connectivity index (χ0v) is 29.0. The van der Waals surface area contributed by atoms with Gasteiger partial charge in [0.25, 0.3) is 5.91 Å². The van der Waals surface area contributed by atoms with Crippen LogP contribution < -0.4 is 24.6 Å². The fourth-order valence-electron chi connectivity index (χ4n) is 8.63. The van der Waals surface area contributed by atoms with Gasteiger partial charge in [0.15, 0.2) is 18.1 Å². The van der Waals surface area contributed by atoms with Crippen LogP contribution in [-0.2, 0) is 20.6 Å². The van der Waals surface area contributed by atoms with Gasteiger partial charge < -0.3 is 19.8 Å². The van der Waals surface area contributed by atoms with Crippen molar-refractivity contribution >= 4 is 52.2 Å². The number of aromatic amines is 1. The average Bonchev–Trinajstić information content (AvgIpc) is 3.82. The van der Waals surface area contributed by atoms with Crippen LogP contribution in [0.25, 0.3) is 0 Å². The molecule has 2 bridgehead atoms. The van der Waals surface area contributed by atoms with Crippen molar-refractivity contribution in [3.8, 4) is 11.5 Å². The number of rotatable bonds is 8. The lowest BCUT2D eigenvalue weighted by Crippen LogP contribution is -2.42. The highest BCUT2D eigenvalue weighted by Crippen LogP contribution is 2.69. The lowest BCUT2D eigenvalue weighted by atomic mass is 9.68. The second-order valence-corrected chi connectivity index (χ2v) is 15.6. The second kappa shape index (κ2) is 12.6. The molecule has 7 atom stereocenters. The van der Waals surface area contributed by atoms with E-state index < -0.39 is 35.4 Å². The molecule has 264 valence electrons. The summed E-state index contributed by atoms with van der Waals surface area (Å²) in [7, 11) is 0. The Morgan fingerprint density at radius 3 is 2.47 bits per heavy atom. The van der Waals surface area contributed by atoms with Crippen molar-refractivity contribution in [2.75, 3.05) is 23.4 Å². The smallest absolute Gasteiger partial charge is 0.416 e. The number of imide groups is 1. The number of benzene rings is 3. The summed E-state index contributed by atoms with van der Waals surface area (Å²) in [5.41, 5.74) is 1.49. The van der Waals surface area contributed by atoms with E-state index in [0.717, 1.165) is 49.4 Å². The Bertz CT molecular complexity index is 2130. The Balaban J connectivity index is 1.10. The third-order valence-electron chi connectivity index (χ3n) is 10.4. The molecule has 14 heteroatoms. The molecule has 3 amide bonds. The maximum absolute atomic E-state index is 14.1. The molecule has 1 aromatic heterocycles. The molecule has 2 aliphatic carbocycles. The zero-order valence-electron chi connectivity index (χ0n) is 27.4. The molecule has 51 heavy (non-hydrogen) atoms. The minimum atomic E-state index is -4.63. The first-order valence-corrected chi connectivity index (χ1v) is 18.3. The van der Waals surface area contributed by atoms with Gasteiger partial charge in [-0.25, -0.2) is 0 Å². The number of ether oxygens (including phenoxy) is 2. The quantitative estimate of drug-likeness (QED) is 0.190. The molecule has 6 unspecified atom stereocenters. The topological polar surface area (TPSA) is 118 Å². The summed E-state index contributed by atoms with van der Waals surface area (Å²) in [5, 5.41) is 3.43. The van der Waals surface area contributed by atoms with Crippen molar-refractivity contribution < 1.29 is 37.0 Å². The number of halogens is 3. The normalized spacial score (nSPS) is 26.1. The van der Waals surface area contributed by atoms with Crippen LogP contribution in [0.15, 0.2) is 76.6 Å². The lowest BCUT2D eigenvalue weighted by Gasteiger charge is -2.43. The van der Waals surface area contributed by atoms with Crippen LogP contribution in [-0.4, -0.2) is 41.2 Å². The number of nitrogens with one attached hydrogen (secondary N) is 2. The Morgan fingerprint density at radius 1 is 0.961 bits per heavy atom. The van der Waals surface area contributed by atoms with Gasteiger partial charge in [-0.1, -0.05) is 35.6 Å². The summed E-state index contributed by atoms with van der Waals surface area (Å²) < 4.78 is 52.6. The monoisotopic (exact) mass is 735 g/mol. The molecule has 3 fully saturated rings. The van der Waals surface area contributed by atoms with Gasteiger partial charge in [0.1, 0.15) is 0 Å². The van der Waals surface area contributed by atoms with Gasteiger partial charge in [-0.15, -0.1) is 11.8 Å². The van der Waals surface area contributed by atoms with Gasteiger partial charge >= 0.3 is 11.0 Å². The molecule has 2 N–H and O–H groups in total. The molecule has 4 aromatic rings. The van der Waals surface area contributed by atoms with Crippen LogP contribution in [0.2, 0.25) is 0 Å². The van der Waals surface area contributed by atoms with Crippen molar-refractivity contribution in [2.24, 2.45) is 29.6 Å². The number of amides is 3. The first kappa shape index (κ1) is 33.6. The predicted molar refractivity (Wildman–Crippen MR) is 185 cm³/mol. The van der Waals surface area contributed by atoms with Gasteiger partial charge in [0.05, 0.1) is 34.7 Å². The van der Waals surface area contributed by atoms with E-state index in [2.05, 4.69) is 10.3 Å². The molecule has 4 aliphatic rings. The zero-order chi connectivity index (χ0) is 35.8. The Labute approximate surface area is 298 Å². The third-order valence-corrected chi connectivity index (χ3v) is 13.0. The van der Waals surface area contributed by atoms with E-state index in [4.69, 9.17) is 9.47 Å². The second-order valence-electron chi connectivity index (χ2n) is 13.4. The van der Waals surface area contributed by atoms with E-state index in [1.54, 1.807) is 12.1 Å². The standard InChI is InChI=1S/C37H32F3N3O6S2/c1-3-48-25-13-18(10-11-24(25)49-16-26(44)41-20-8-4-6-17(2)12-20)27-28-22-15-23(31(28)50-33-32(27)51-36(47)42-33)30-29(22)34(45)43(35(30)46)21-9-5-7-19(14-21)37(38,39)40/h4-14,22-23,27-31H,3,15-16H2,1-2H3,(H,41,44)(H,42,47)/t22?,23?,27-,28?,29?,30?,31?/m1/s1. The Hall–Kier alpha value is -4.56. The lowest BCUT2D eigenvalue weighted by molar-refractivity contribution is -0.137. The van der Waals surface area contributed by atoms with Crippen molar-refractivity contribution in [3.63, 3.8) is 0 Å². The summed E-state index contributed by atoms with van der Waals surface area (Å²) in [4.78, 5) is 57.9. The van der Waals surface area contributed by atoms with Crippen molar-refractivity contribution in [2.45, 2.75) is 42.6 Å². The summed E-state index contributed by atoms with van der Waals surface area (Å²) in [6.07, 6.45) is -4.00. The Morgan fingerprint density at radius 2 is 1.73 bits per heavy atom. The van der Waals surface area contributed by atoms with Crippen LogP contribution >= 0.6 is 23.1 Å². The van der Waals surface area contributed by atoms with E-state index in [1.807, 2.05) is 44.2 Å². The predicted octanol–water partition coefficient (Wildman–Crippen LogP) is 6.86. The number of alkyl halides is 3. The molecule has 0 spiro atoms. The van der Waals surface area contributed by atoms with E-state index in [1.165, 1.54) is 23.9 Å². The van der Waals surface area contributed by atoms with Crippen LogP contribution in [0, 0.1) is 36.5 Å². The number of thiazole rings is 1. The van der Waals surface area contributed by atoms with Crippen molar-refractivity contribution in [1.82, 2.24) is 4.98 Å². The molecule has 9 nitrogen and oxygen atoms in total. The average molecular weight is 736 g/mol. The van der Waals surface area contributed by atoms with E-state index >= 15 is 0 Å². The number of anilines is 2. The number of nitrogens with zero attached hydrogens (tertiary/aromatic N) is 1. The minimum Gasteiger partial charge on any atom is -0.490 e. The molecular weight excluding hydrogens is 704 g/mol. The Kier molecular flexibility index (Phi) is 8.29. The molecule has 3 heterocycles. The number of aromatic nitrogens is 1. The molecule has 8 rings (SSSR count). The minimum absolute atomic E-state index is 0.0752. The maximum Gasteiger partial charge on any atom is 0.416 e. The number of thioether (sulfide) groups is 1. The number of H-pyrrole nitrogens is 1. The van der Waals surface area contributed by atoms with Crippen LogP contribution in [0.1, 0.15) is 40.8 Å². The maximum atomic E-state index is 14.1. The molecule has 3 aromatic carbocycles. The highest BCUT2D eigenvalue weighted by molar-refractivity contribution is 8.00. The van der Waals surface area contributed by atoms with E-state index in [9.17, 15) is 32.3 Å². The molecule has 0 radical (unpaired) electrons. The molecule has 1 saturated heterocycles. The SMILES string of the molecule is CCOc1cc([C@H]2c3sc(=O)[nH]c3SC3C4CC(C5C(=O)N(c6cccc(C(F)(F)F)c6)C(=O)C45)C32)ccc1OCC(=O)Nc1cccc(C)c1. The third kappa shape index (κ3) is 5.72. The highest BCUT2D eigenvalue weighted by Gasteiger charge is 2.69. The van der Waals surface area contributed by atoms with Gasteiger partial charge in [-0.05, 0) is 91.6 Å². The number of hydrogen-bond donors (Lipinski definition) is 2. The van der Waals surface area contributed by atoms with E-state index in [-0.39, 0.29) is 52.0 Å². The van der Waals surface area contributed by atoms with Gasteiger partial charge in [-0.3, -0.25) is 24.1 Å². The first-order chi connectivity index (χ1) is 24.4. The van der Waals surface area contributed by atoms with E-state index in [0.29, 0.717) is 30.2 Å². The summed E-state index contributed by atoms with van der Waals surface area (Å²) in [6, 6.07) is 17.2. The van der Waals surface area contributed by atoms with Crippen molar-refractivity contribution in [3.05, 3.63) is 98.0 Å². The molecule has 2 aliphatic heterocycles. The summed E-state index contributed by atoms with van der Waals surface area (Å²) in [5.74, 6) is -2.75. The van der Waals surface area contributed by atoms with Gasteiger partial charge in [0.2, 0.25) is 11.8 Å². The molecular formula is C37H32F3N3O6S2. The number of aryl methyl sites for hydroxylation is 1. The van der Waals surface area contributed by atoms with Crippen LogP contribution in [0.5, 0.6) is 11.5 Å². The van der Waals surface area contributed by atoms with Crippen LogP contribution in [0.3, 0.4) is 0 Å².